The number of fused-ring (bicyclic) bond motifs is 2. The van der Waals surface area contributed by atoms with Crippen LogP contribution in [0.15, 0.2) is 36.4 Å². The highest BCUT2D eigenvalue weighted by molar-refractivity contribution is 7.19. The van der Waals surface area contributed by atoms with E-state index < -0.39 is 0 Å². The number of benzene rings is 2. The van der Waals surface area contributed by atoms with Crippen LogP contribution in [0.3, 0.4) is 0 Å². The van der Waals surface area contributed by atoms with E-state index in [1.54, 1.807) is 11.3 Å². The summed E-state index contributed by atoms with van der Waals surface area (Å²) in [6.45, 7) is 13.9. The van der Waals surface area contributed by atoms with Crippen molar-refractivity contribution in [3.8, 4) is 43.9 Å². The van der Waals surface area contributed by atoms with Crippen molar-refractivity contribution in [2.24, 2.45) is 0 Å². The van der Waals surface area contributed by atoms with Crippen molar-refractivity contribution >= 4 is 11.3 Å². The SMILES string of the molecule is CCOc1ccc2c(c1-c1ccc(-c3c(OCC)ccc4c3OC(C)(C)CC4)s1)OC(C)(C)CC2. The van der Waals surface area contributed by atoms with Crippen molar-refractivity contribution in [2.75, 3.05) is 13.2 Å². The normalized spacial score (nSPS) is 17.5. The first kappa shape index (κ1) is 24.1. The highest BCUT2D eigenvalue weighted by Crippen LogP contribution is 2.52. The summed E-state index contributed by atoms with van der Waals surface area (Å²) in [7, 11) is 0. The third kappa shape index (κ3) is 4.63. The molecule has 0 N–H and O–H groups in total. The zero-order valence-corrected chi connectivity index (χ0v) is 22.6. The zero-order chi connectivity index (χ0) is 24.8. The molecule has 2 aliphatic heterocycles. The molecular weight excluding hydrogens is 456 g/mol. The standard InChI is InChI=1S/C30H36O4S/c1-7-31-21-11-9-19-15-17-29(3,4)33-27(19)25(21)23-13-14-24(35-23)26-22(32-8-2)12-10-20-16-18-30(5,6)34-28(20)26/h9-14H,7-8,15-18H2,1-6H3. The molecule has 2 aliphatic rings. The van der Waals surface area contributed by atoms with Crippen molar-refractivity contribution in [1.82, 2.24) is 0 Å². The number of thiophene rings is 1. The molecule has 4 nitrogen and oxygen atoms in total. The van der Waals surface area contributed by atoms with Crippen molar-refractivity contribution < 1.29 is 18.9 Å². The molecule has 0 atom stereocenters. The van der Waals surface area contributed by atoms with Crippen LogP contribution >= 0.6 is 11.3 Å². The Hall–Kier alpha value is -2.66. The second-order valence-electron chi connectivity index (χ2n) is 10.6. The Morgan fingerprint density at radius 3 is 1.51 bits per heavy atom. The molecule has 0 radical (unpaired) electrons. The van der Waals surface area contributed by atoms with Crippen molar-refractivity contribution in [3.05, 3.63) is 47.5 Å². The summed E-state index contributed by atoms with van der Waals surface area (Å²) < 4.78 is 25.3. The van der Waals surface area contributed by atoms with Crippen molar-refractivity contribution in [3.63, 3.8) is 0 Å². The summed E-state index contributed by atoms with van der Waals surface area (Å²) in [5.74, 6) is 3.65. The first-order chi connectivity index (χ1) is 16.7. The van der Waals surface area contributed by atoms with Gasteiger partial charge < -0.3 is 18.9 Å². The van der Waals surface area contributed by atoms with Gasteiger partial charge in [-0.25, -0.2) is 0 Å². The molecule has 1 aromatic heterocycles. The Morgan fingerprint density at radius 1 is 0.686 bits per heavy atom. The van der Waals surface area contributed by atoms with Crippen LogP contribution in [0.2, 0.25) is 0 Å². The monoisotopic (exact) mass is 492 g/mol. The highest BCUT2D eigenvalue weighted by Gasteiger charge is 2.33. The van der Waals surface area contributed by atoms with Crippen LogP contribution in [0.4, 0.5) is 0 Å². The van der Waals surface area contributed by atoms with Crippen LogP contribution in [0, 0.1) is 0 Å². The van der Waals surface area contributed by atoms with Gasteiger partial charge in [0, 0.05) is 9.75 Å². The quantitative estimate of drug-likeness (QED) is 0.348. The van der Waals surface area contributed by atoms with Gasteiger partial charge in [0.2, 0.25) is 0 Å². The van der Waals surface area contributed by atoms with Gasteiger partial charge in [-0.2, -0.15) is 0 Å². The van der Waals surface area contributed by atoms with Crippen LogP contribution in [-0.2, 0) is 12.8 Å². The predicted octanol–water partition coefficient (Wildman–Crippen LogP) is 8.09. The van der Waals surface area contributed by atoms with E-state index in [1.807, 2.05) is 13.8 Å². The molecule has 0 spiro atoms. The Morgan fingerprint density at radius 2 is 1.11 bits per heavy atom. The number of rotatable bonds is 6. The minimum absolute atomic E-state index is 0.202. The maximum atomic E-state index is 6.56. The zero-order valence-electron chi connectivity index (χ0n) is 21.7. The molecule has 5 heteroatoms. The summed E-state index contributed by atoms with van der Waals surface area (Å²) in [4.78, 5) is 2.27. The summed E-state index contributed by atoms with van der Waals surface area (Å²) in [5.41, 5.74) is 4.19. The first-order valence-electron chi connectivity index (χ1n) is 12.8. The van der Waals surface area contributed by atoms with Gasteiger partial charge in [-0.05, 0) is 103 Å². The third-order valence-corrected chi connectivity index (χ3v) is 7.97. The largest absolute Gasteiger partial charge is 0.493 e. The fraction of sp³-hybridized carbons (Fsp3) is 0.467. The van der Waals surface area contributed by atoms with Gasteiger partial charge in [0.1, 0.15) is 34.2 Å². The molecule has 0 aliphatic carbocycles. The number of hydrogen-bond acceptors (Lipinski definition) is 5. The Labute approximate surface area is 213 Å². The highest BCUT2D eigenvalue weighted by atomic mass is 32.1. The van der Waals surface area contributed by atoms with E-state index in [9.17, 15) is 0 Å². The number of ether oxygens (including phenoxy) is 4. The molecule has 35 heavy (non-hydrogen) atoms. The average Bonchev–Trinajstić information content (AvgIpc) is 3.27. The molecular formula is C30H36O4S. The van der Waals surface area contributed by atoms with Gasteiger partial charge >= 0.3 is 0 Å². The Kier molecular flexibility index (Phi) is 6.25. The number of hydrogen-bond donors (Lipinski definition) is 0. The molecule has 0 amide bonds. The molecule has 186 valence electrons. The van der Waals surface area contributed by atoms with Crippen molar-refractivity contribution in [2.45, 2.75) is 78.4 Å². The summed E-state index contributed by atoms with van der Waals surface area (Å²) in [6, 6.07) is 12.9. The van der Waals surface area contributed by atoms with Gasteiger partial charge in [-0.15, -0.1) is 11.3 Å². The van der Waals surface area contributed by atoms with Crippen LogP contribution in [0.1, 0.15) is 65.5 Å². The van der Waals surface area contributed by atoms with Gasteiger partial charge in [-0.1, -0.05) is 12.1 Å². The molecule has 0 bridgehead atoms. The van der Waals surface area contributed by atoms with E-state index >= 15 is 0 Å². The molecule has 0 saturated carbocycles. The second kappa shape index (κ2) is 9.09. The van der Waals surface area contributed by atoms with Crippen molar-refractivity contribution in [1.29, 1.82) is 0 Å². The number of aryl methyl sites for hydroxylation is 2. The average molecular weight is 493 g/mol. The molecule has 3 heterocycles. The van der Waals surface area contributed by atoms with E-state index in [1.165, 1.54) is 11.1 Å². The smallest absolute Gasteiger partial charge is 0.135 e. The topological polar surface area (TPSA) is 36.9 Å². The van der Waals surface area contributed by atoms with Crippen LogP contribution in [-0.4, -0.2) is 24.4 Å². The lowest BCUT2D eigenvalue weighted by Gasteiger charge is -2.34. The lowest BCUT2D eigenvalue weighted by molar-refractivity contribution is 0.0847. The molecule has 0 saturated heterocycles. The van der Waals surface area contributed by atoms with E-state index in [0.717, 1.165) is 69.6 Å². The van der Waals surface area contributed by atoms with E-state index in [0.29, 0.717) is 13.2 Å². The minimum Gasteiger partial charge on any atom is -0.493 e. The molecule has 2 aromatic carbocycles. The van der Waals surface area contributed by atoms with E-state index in [2.05, 4.69) is 64.1 Å². The maximum absolute atomic E-state index is 6.56. The van der Waals surface area contributed by atoms with Gasteiger partial charge in [-0.3, -0.25) is 0 Å². The summed E-state index contributed by atoms with van der Waals surface area (Å²) in [6.07, 6.45) is 4.02. The molecule has 0 unspecified atom stereocenters. The predicted molar refractivity (Wildman–Crippen MR) is 144 cm³/mol. The second-order valence-corrected chi connectivity index (χ2v) is 11.7. The third-order valence-electron chi connectivity index (χ3n) is 6.85. The van der Waals surface area contributed by atoms with Crippen LogP contribution < -0.4 is 18.9 Å². The van der Waals surface area contributed by atoms with Gasteiger partial charge in [0.25, 0.3) is 0 Å². The van der Waals surface area contributed by atoms with E-state index in [4.69, 9.17) is 18.9 Å². The van der Waals surface area contributed by atoms with Crippen LogP contribution in [0.25, 0.3) is 20.9 Å². The Balaban J connectivity index is 1.66. The lowest BCUT2D eigenvalue weighted by atomic mass is 9.92. The Bertz CT molecular complexity index is 1140. The van der Waals surface area contributed by atoms with Crippen LogP contribution in [0.5, 0.6) is 23.0 Å². The fourth-order valence-corrected chi connectivity index (χ4v) is 6.09. The van der Waals surface area contributed by atoms with E-state index in [-0.39, 0.29) is 11.2 Å². The lowest BCUT2D eigenvalue weighted by Crippen LogP contribution is -2.32. The maximum Gasteiger partial charge on any atom is 0.135 e. The molecule has 0 fully saturated rings. The summed E-state index contributed by atoms with van der Waals surface area (Å²) in [5, 5.41) is 0. The minimum atomic E-state index is -0.202. The fourth-order valence-electron chi connectivity index (χ4n) is 4.99. The summed E-state index contributed by atoms with van der Waals surface area (Å²) >= 11 is 1.75. The van der Waals surface area contributed by atoms with Gasteiger partial charge in [0.05, 0.1) is 24.3 Å². The van der Waals surface area contributed by atoms with Gasteiger partial charge in [0.15, 0.2) is 0 Å². The molecule has 5 rings (SSSR count). The molecule has 3 aromatic rings. The first-order valence-corrected chi connectivity index (χ1v) is 13.6.